The highest BCUT2D eigenvalue weighted by molar-refractivity contribution is 5.73. The van der Waals surface area contributed by atoms with Gasteiger partial charge in [0.25, 0.3) is 0 Å². The van der Waals surface area contributed by atoms with Gasteiger partial charge in [0.05, 0.1) is 6.61 Å². The predicted octanol–water partition coefficient (Wildman–Crippen LogP) is 1.01. The number of nitrogens with zero attached hydrogens (tertiary/aromatic N) is 1. The molecule has 0 aromatic rings. The van der Waals surface area contributed by atoms with Gasteiger partial charge >= 0.3 is 6.09 Å². The van der Waals surface area contributed by atoms with Crippen LogP contribution in [0.1, 0.15) is 27.7 Å². The number of amides is 2. The maximum Gasteiger partial charge on any atom is 0.407 e. The lowest BCUT2D eigenvalue weighted by molar-refractivity contribution is -0.129. The topological polar surface area (TPSA) is 67.9 Å². The van der Waals surface area contributed by atoms with Crippen molar-refractivity contribution in [1.82, 2.24) is 10.2 Å². The third-order valence-corrected chi connectivity index (χ3v) is 2.06. The molecule has 0 rings (SSSR count). The van der Waals surface area contributed by atoms with Gasteiger partial charge in [-0.05, 0) is 20.8 Å². The van der Waals surface area contributed by atoms with Crippen molar-refractivity contribution < 1.29 is 19.1 Å². The van der Waals surface area contributed by atoms with Gasteiger partial charge in [0.2, 0.25) is 5.91 Å². The van der Waals surface area contributed by atoms with Crippen LogP contribution >= 0.6 is 0 Å². The van der Waals surface area contributed by atoms with Crippen LogP contribution in [0, 0.1) is 0 Å². The maximum atomic E-state index is 11.4. The van der Waals surface area contributed by atoms with Gasteiger partial charge in [-0.25, -0.2) is 4.79 Å². The normalized spacial score (nSPS) is 10.9. The summed E-state index contributed by atoms with van der Waals surface area (Å²) in [4.78, 5) is 24.3. The van der Waals surface area contributed by atoms with Crippen molar-refractivity contribution in [2.45, 2.75) is 33.3 Å². The first kappa shape index (κ1) is 16.7. The Kier molecular flexibility index (Phi) is 7.35. The largest absolute Gasteiger partial charge is 0.444 e. The summed E-state index contributed by atoms with van der Waals surface area (Å²) in [6, 6.07) is 0. The SMILES string of the molecule is COCCN(CCNC(=O)OC(C)(C)C)C(C)=O. The van der Waals surface area contributed by atoms with E-state index in [0.29, 0.717) is 26.2 Å². The molecule has 0 aromatic carbocycles. The second-order valence-corrected chi connectivity index (χ2v) is 4.93. The molecule has 6 nitrogen and oxygen atoms in total. The molecule has 0 saturated carbocycles. The average molecular weight is 260 g/mol. The predicted molar refractivity (Wildman–Crippen MR) is 68.4 cm³/mol. The van der Waals surface area contributed by atoms with E-state index < -0.39 is 11.7 Å². The van der Waals surface area contributed by atoms with Gasteiger partial charge in [0, 0.05) is 33.7 Å². The van der Waals surface area contributed by atoms with E-state index in [-0.39, 0.29) is 5.91 Å². The van der Waals surface area contributed by atoms with Crippen molar-refractivity contribution in [3.8, 4) is 0 Å². The van der Waals surface area contributed by atoms with Crippen LogP contribution in [0.2, 0.25) is 0 Å². The molecular weight excluding hydrogens is 236 g/mol. The molecule has 0 fully saturated rings. The Morgan fingerprint density at radius 2 is 1.83 bits per heavy atom. The quantitative estimate of drug-likeness (QED) is 0.774. The van der Waals surface area contributed by atoms with Gasteiger partial charge in [0.15, 0.2) is 0 Å². The number of hydrogen-bond donors (Lipinski definition) is 1. The van der Waals surface area contributed by atoms with Crippen molar-refractivity contribution in [3.63, 3.8) is 0 Å². The molecule has 2 amide bonds. The molecule has 0 saturated heterocycles. The van der Waals surface area contributed by atoms with Gasteiger partial charge in [0.1, 0.15) is 5.60 Å². The summed E-state index contributed by atoms with van der Waals surface area (Å²) in [6.45, 7) is 8.68. The summed E-state index contributed by atoms with van der Waals surface area (Å²) in [5, 5.41) is 2.61. The summed E-state index contributed by atoms with van der Waals surface area (Å²) in [5.74, 6) is -0.0435. The summed E-state index contributed by atoms with van der Waals surface area (Å²) >= 11 is 0. The monoisotopic (exact) mass is 260 g/mol. The van der Waals surface area contributed by atoms with E-state index in [1.807, 2.05) is 0 Å². The van der Waals surface area contributed by atoms with E-state index >= 15 is 0 Å². The van der Waals surface area contributed by atoms with Gasteiger partial charge in [-0.3, -0.25) is 4.79 Å². The van der Waals surface area contributed by atoms with Gasteiger partial charge in [-0.1, -0.05) is 0 Å². The molecule has 0 heterocycles. The highest BCUT2D eigenvalue weighted by Crippen LogP contribution is 2.06. The third-order valence-electron chi connectivity index (χ3n) is 2.06. The second kappa shape index (κ2) is 7.92. The molecule has 0 aromatic heterocycles. The Labute approximate surface area is 109 Å². The number of methoxy groups -OCH3 is 1. The maximum absolute atomic E-state index is 11.4. The summed E-state index contributed by atoms with van der Waals surface area (Å²) in [6.07, 6.45) is -0.474. The molecule has 18 heavy (non-hydrogen) atoms. The first-order valence-corrected chi connectivity index (χ1v) is 5.97. The Morgan fingerprint density at radius 1 is 1.22 bits per heavy atom. The minimum atomic E-state index is -0.513. The molecule has 0 radical (unpaired) electrons. The van der Waals surface area contributed by atoms with Crippen LogP contribution in [0.15, 0.2) is 0 Å². The minimum Gasteiger partial charge on any atom is -0.444 e. The van der Waals surface area contributed by atoms with Crippen molar-refractivity contribution >= 4 is 12.0 Å². The lowest BCUT2D eigenvalue weighted by Gasteiger charge is -2.22. The first-order valence-electron chi connectivity index (χ1n) is 5.97. The van der Waals surface area contributed by atoms with E-state index in [1.54, 1.807) is 32.8 Å². The Balaban J connectivity index is 3.92. The van der Waals surface area contributed by atoms with Gasteiger partial charge in [-0.2, -0.15) is 0 Å². The molecule has 0 aliphatic carbocycles. The molecule has 0 aliphatic rings. The van der Waals surface area contributed by atoms with E-state index in [1.165, 1.54) is 6.92 Å². The van der Waals surface area contributed by atoms with Crippen molar-refractivity contribution in [1.29, 1.82) is 0 Å². The van der Waals surface area contributed by atoms with Crippen LogP contribution < -0.4 is 5.32 Å². The molecule has 0 atom stereocenters. The van der Waals surface area contributed by atoms with Crippen molar-refractivity contribution in [2.24, 2.45) is 0 Å². The van der Waals surface area contributed by atoms with E-state index in [9.17, 15) is 9.59 Å². The number of ether oxygens (including phenoxy) is 2. The Morgan fingerprint density at radius 3 is 2.28 bits per heavy atom. The fourth-order valence-electron chi connectivity index (χ4n) is 1.24. The number of carbonyl (C=O) groups excluding carboxylic acids is 2. The zero-order chi connectivity index (χ0) is 14.2. The lowest BCUT2D eigenvalue weighted by atomic mass is 10.2. The van der Waals surface area contributed by atoms with E-state index in [2.05, 4.69) is 5.32 Å². The van der Waals surface area contributed by atoms with Crippen LogP contribution in [-0.2, 0) is 14.3 Å². The number of nitrogens with one attached hydrogen (secondary N) is 1. The fourth-order valence-corrected chi connectivity index (χ4v) is 1.24. The molecule has 0 spiro atoms. The summed E-state index contributed by atoms with van der Waals surface area (Å²) in [7, 11) is 1.58. The highest BCUT2D eigenvalue weighted by atomic mass is 16.6. The summed E-state index contributed by atoms with van der Waals surface area (Å²) < 4.78 is 9.99. The van der Waals surface area contributed by atoms with Gasteiger partial charge < -0.3 is 19.7 Å². The highest BCUT2D eigenvalue weighted by Gasteiger charge is 2.16. The lowest BCUT2D eigenvalue weighted by Crippen LogP contribution is -2.40. The number of carbonyl (C=O) groups is 2. The zero-order valence-corrected chi connectivity index (χ0v) is 11.9. The first-order chi connectivity index (χ1) is 8.26. The third kappa shape index (κ3) is 8.81. The standard InChI is InChI=1S/C12H24N2O4/c1-10(15)14(8-9-17-5)7-6-13-11(16)18-12(2,3)4/h6-9H2,1-5H3,(H,13,16). The van der Waals surface area contributed by atoms with Crippen LogP contribution in [0.4, 0.5) is 4.79 Å². The van der Waals surface area contributed by atoms with Crippen LogP contribution in [-0.4, -0.2) is 55.9 Å². The van der Waals surface area contributed by atoms with Crippen molar-refractivity contribution in [2.75, 3.05) is 33.4 Å². The molecule has 0 unspecified atom stereocenters. The number of rotatable bonds is 6. The Bertz CT molecular complexity index is 274. The van der Waals surface area contributed by atoms with E-state index in [0.717, 1.165) is 0 Å². The van der Waals surface area contributed by atoms with Crippen LogP contribution in [0.25, 0.3) is 0 Å². The van der Waals surface area contributed by atoms with Gasteiger partial charge in [-0.15, -0.1) is 0 Å². The molecule has 0 bridgehead atoms. The van der Waals surface area contributed by atoms with Crippen molar-refractivity contribution in [3.05, 3.63) is 0 Å². The Hall–Kier alpha value is -1.30. The fraction of sp³-hybridized carbons (Fsp3) is 0.833. The average Bonchev–Trinajstić information content (AvgIpc) is 2.19. The molecule has 106 valence electrons. The summed E-state index contributed by atoms with van der Waals surface area (Å²) in [5.41, 5.74) is -0.513. The second-order valence-electron chi connectivity index (χ2n) is 4.93. The molecule has 6 heteroatoms. The number of alkyl carbamates (subject to hydrolysis) is 1. The van der Waals surface area contributed by atoms with Crippen LogP contribution in [0.3, 0.4) is 0 Å². The van der Waals surface area contributed by atoms with Crippen LogP contribution in [0.5, 0.6) is 0 Å². The van der Waals surface area contributed by atoms with E-state index in [4.69, 9.17) is 9.47 Å². The smallest absolute Gasteiger partial charge is 0.407 e. The zero-order valence-electron chi connectivity index (χ0n) is 11.9. The molecule has 0 aliphatic heterocycles. The minimum absolute atomic E-state index is 0.0435. The molecular formula is C12H24N2O4. The number of hydrogen-bond acceptors (Lipinski definition) is 4. The molecule has 1 N–H and O–H groups in total.